The number of nitrogens with one attached hydrogen (secondary N) is 1. The maximum Gasteiger partial charge on any atom is 0.259 e. The van der Waals surface area contributed by atoms with E-state index in [2.05, 4.69) is 10.3 Å². The summed E-state index contributed by atoms with van der Waals surface area (Å²) in [6, 6.07) is 22.1. The first kappa shape index (κ1) is 33.7. The predicted octanol–water partition coefficient (Wildman–Crippen LogP) is 7.97. The van der Waals surface area contributed by atoms with Crippen LogP contribution in [0, 0.1) is 0 Å². The van der Waals surface area contributed by atoms with Crippen molar-refractivity contribution in [2.24, 2.45) is 0 Å². The first-order valence-electron chi connectivity index (χ1n) is 15.0. The number of anilines is 2. The number of nitrogens with zero attached hydrogens (tertiary/aromatic N) is 3. The van der Waals surface area contributed by atoms with E-state index in [0.29, 0.717) is 40.3 Å². The van der Waals surface area contributed by atoms with E-state index in [4.69, 9.17) is 32.7 Å². The fourth-order valence-electron chi connectivity index (χ4n) is 5.42. The van der Waals surface area contributed by atoms with Gasteiger partial charge >= 0.3 is 0 Å². The molecule has 2 aromatic heterocycles. The molecule has 0 aliphatic heterocycles. The van der Waals surface area contributed by atoms with Gasteiger partial charge < -0.3 is 24.3 Å². The van der Waals surface area contributed by atoms with E-state index in [1.54, 1.807) is 29.0 Å². The molecule has 0 aliphatic carbocycles. The van der Waals surface area contributed by atoms with Crippen LogP contribution < -0.4 is 20.3 Å². The maximum atomic E-state index is 14.7. The van der Waals surface area contributed by atoms with Crippen LogP contribution in [0.5, 0.6) is 11.5 Å². The number of para-hydroxylation sites is 1. The van der Waals surface area contributed by atoms with Gasteiger partial charge in [-0.15, -0.1) is 0 Å². The minimum Gasteiger partial charge on any atom is -0.495 e. The summed E-state index contributed by atoms with van der Waals surface area (Å²) in [4.78, 5) is 34.0. The molecule has 8 nitrogen and oxygen atoms in total. The van der Waals surface area contributed by atoms with Crippen molar-refractivity contribution in [3.8, 4) is 22.6 Å². The number of carbonyl (C=O) groups excluding carboxylic acids is 1. The Morgan fingerprint density at radius 3 is 2.34 bits per heavy atom. The molecule has 0 saturated carbocycles. The monoisotopic (exact) mass is 670 g/mol. The van der Waals surface area contributed by atoms with E-state index >= 15 is 0 Å². The summed E-state index contributed by atoms with van der Waals surface area (Å²) in [5.41, 5.74) is 3.44. The second-order valence-corrected chi connectivity index (χ2v) is 12.1. The molecular formula is C37H36Cl2N4O4. The molecule has 1 N–H and O–H groups in total. The Morgan fingerprint density at radius 2 is 1.68 bits per heavy atom. The largest absolute Gasteiger partial charge is 0.495 e. The number of rotatable bonds is 12. The number of ether oxygens (including phenoxy) is 2. The minimum absolute atomic E-state index is 0.000209. The van der Waals surface area contributed by atoms with Crippen molar-refractivity contribution < 1.29 is 14.3 Å². The summed E-state index contributed by atoms with van der Waals surface area (Å²) >= 11 is 13.6. The number of fused-ring (bicyclic) bond motifs is 1. The molecule has 1 atom stereocenters. The number of allylic oxidation sites excluding steroid dienone is 1. The summed E-state index contributed by atoms with van der Waals surface area (Å²) in [6.07, 6.45) is 5.41. The first-order chi connectivity index (χ1) is 22.6. The summed E-state index contributed by atoms with van der Waals surface area (Å²) in [6.45, 7) is 2.63. The van der Waals surface area contributed by atoms with Gasteiger partial charge in [0.15, 0.2) is 5.78 Å². The van der Waals surface area contributed by atoms with Crippen LogP contribution in [-0.2, 0) is 11.2 Å². The van der Waals surface area contributed by atoms with E-state index in [1.807, 2.05) is 92.7 Å². The number of ketones is 1. The Balaban J connectivity index is 1.68. The Hall–Kier alpha value is -4.63. The van der Waals surface area contributed by atoms with Gasteiger partial charge in [-0.25, -0.2) is 4.98 Å². The Bertz CT molecular complexity index is 1980. The van der Waals surface area contributed by atoms with Crippen LogP contribution in [0.25, 0.3) is 22.0 Å². The number of hydrogen-bond donors (Lipinski definition) is 1. The van der Waals surface area contributed by atoms with Gasteiger partial charge in [0.05, 0.1) is 41.4 Å². The lowest BCUT2D eigenvalue weighted by atomic mass is 9.99. The number of carbonyl (C=O) groups is 1. The summed E-state index contributed by atoms with van der Waals surface area (Å²) < 4.78 is 12.7. The Labute approximate surface area is 284 Å². The van der Waals surface area contributed by atoms with Crippen molar-refractivity contribution in [1.29, 1.82) is 0 Å². The van der Waals surface area contributed by atoms with Crippen LogP contribution in [-0.4, -0.2) is 55.1 Å². The molecule has 0 bridgehead atoms. The zero-order chi connectivity index (χ0) is 33.7. The third kappa shape index (κ3) is 7.52. The maximum absolute atomic E-state index is 14.7. The van der Waals surface area contributed by atoms with Crippen molar-refractivity contribution in [2.75, 3.05) is 40.2 Å². The Kier molecular flexibility index (Phi) is 10.7. The van der Waals surface area contributed by atoms with E-state index < -0.39 is 6.04 Å². The smallest absolute Gasteiger partial charge is 0.259 e. The van der Waals surface area contributed by atoms with Gasteiger partial charge in [-0.3, -0.25) is 9.59 Å². The normalized spacial score (nSPS) is 12.1. The van der Waals surface area contributed by atoms with Crippen molar-refractivity contribution in [3.05, 3.63) is 123 Å². The molecule has 0 aliphatic rings. The predicted molar refractivity (Wildman–Crippen MR) is 191 cm³/mol. The molecule has 0 radical (unpaired) electrons. The molecule has 2 heterocycles. The lowest BCUT2D eigenvalue weighted by Crippen LogP contribution is -2.26. The lowest BCUT2D eigenvalue weighted by Gasteiger charge is -2.22. The fraction of sp³-hybridized carbons (Fsp3) is 0.216. The van der Waals surface area contributed by atoms with E-state index in [0.717, 1.165) is 16.8 Å². The van der Waals surface area contributed by atoms with Crippen LogP contribution >= 0.6 is 23.2 Å². The van der Waals surface area contributed by atoms with Crippen LogP contribution in [0.4, 0.5) is 11.5 Å². The minimum atomic E-state index is -0.457. The van der Waals surface area contributed by atoms with Gasteiger partial charge in [0.2, 0.25) is 0 Å². The van der Waals surface area contributed by atoms with E-state index in [1.165, 1.54) is 14.2 Å². The number of hydrogen-bond acceptors (Lipinski definition) is 7. The van der Waals surface area contributed by atoms with Crippen LogP contribution in [0.15, 0.2) is 95.9 Å². The topological polar surface area (TPSA) is 85.7 Å². The molecule has 10 heteroatoms. The quantitative estimate of drug-likeness (QED) is 0.135. The molecule has 0 spiro atoms. The standard InChI is InChI=1S/C37H36Cl2N4O4/c1-23(25-12-9-11-24(17-25)18-28(44)15-10-16-42(2)3)43-30-20-33(41-27-13-7-6-8-14-27)40-22-26(30)19-29(37(43)45)34-35(38)31(46-4)21-32(47-5)36(34)39/h6-15,17,19-23H,16,18H2,1-5H3,(H,40,41)/b15-10+. The number of likely N-dealkylation sites (N-methyl/N-ethyl adjacent to an activating group) is 1. The number of benzene rings is 3. The third-order valence-corrected chi connectivity index (χ3v) is 8.53. The fourth-order valence-corrected chi connectivity index (χ4v) is 6.13. The summed E-state index contributed by atoms with van der Waals surface area (Å²) in [5.74, 6) is 1.21. The van der Waals surface area contributed by atoms with Gasteiger partial charge in [-0.1, -0.05) is 71.7 Å². The van der Waals surface area contributed by atoms with E-state index in [-0.39, 0.29) is 33.4 Å². The van der Waals surface area contributed by atoms with Gasteiger partial charge in [-0.2, -0.15) is 0 Å². The molecule has 5 aromatic rings. The van der Waals surface area contributed by atoms with Crippen LogP contribution in [0.1, 0.15) is 24.1 Å². The number of methoxy groups -OCH3 is 2. The SMILES string of the molecule is COc1cc(OC)c(Cl)c(-c2cc3cnc(Nc4ccccc4)cc3n(C(C)c3cccc(CC(=O)/C=C/CN(C)C)c3)c2=O)c1Cl. The highest BCUT2D eigenvalue weighted by atomic mass is 35.5. The van der Waals surface area contributed by atoms with Crippen molar-refractivity contribution in [1.82, 2.24) is 14.5 Å². The van der Waals surface area contributed by atoms with Gasteiger partial charge in [0.25, 0.3) is 5.56 Å². The second-order valence-electron chi connectivity index (χ2n) is 11.4. The molecule has 0 amide bonds. The molecule has 1 unspecified atom stereocenters. The molecule has 0 fully saturated rings. The lowest BCUT2D eigenvalue weighted by molar-refractivity contribution is -0.114. The molecule has 3 aromatic carbocycles. The zero-order valence-corrected chi connectivity index (χ0v) is 28.4. The zero-order valence-electron chi connectivity index (χ0n) is 26.9. The summed E-state index contributed by atoms with van der Waals surface area (Å²) in [5, 5.41) is 4.39. The summed E-state index contributed by atoms with van der Waals surface area (Å²) in [7, 11) is 6.87. The molecule has 47 heavy (non-hydrogen) atoms. The highest BCUT2D eigenvalue weighted by molar-refractivity contribution is 6.41. The molecular weight excluding hydrogens is 635 g/mol. The number of halogens is 2. The highest BCUT2D eigenvalue weighted by Crippen LogP contribution is 2.45. The van der Waals surface area contributed by atoms with Crippen LogP contribution in [0.2, 0.25) is 10.0 Å². The van der Waals surface area contributed by atoms with Crippen LogP contribution in [0.3, 0.4) is 0 Å². The molecule has 242 valence electrons. The average molecular weight is 672 g/mol. The van der Waals surface area contributed by atoms with Crippen molar-refractivity contribution >= 4 is 51.4 Å². The van der Waals surface area contributed by atoms with Gasteiger partial charge in [-0.05, 0) is 56.4 Å². The van der Waals surface area contributed by atoms with E-state index in [9.17, 15) is 9.59 Å². The second kappa shape index (κ2) is 14.9. The van der Waals surface area contributed by atoms with Crippen molar-refractivity contribution in [2.45, 2.75) is 19.4 Å². The van der Waals surface area contributed by atoms with Crippen molar-refractivity contribution in [3.63, 3.8) is 0 Å². The third-order valence-electron chi connectivity index (χ3n) is 7.78. The number of aromatic nitrogens is 2. The highest BCUT2D eigenvalue weighted by Gasteiger charge is 2.25. The molecule has 5 rings (SSSR count). The Morgan fingerprint density at radius 1 is 0.979 bits per heavy atom. The average Bonchev–Trinajstić information content (AvgIpc) is 3.05. The first-order valence-corrected chi connectivity index (χ1v) is 15.8. The van der Waals surface area contributed by atoms with Gasteiger partial charge in [0, 0.05) is 47.9 Å². The number of pyridine rings is 2. The molecule has 0 saturated heterocycles. The van der Waals surface area contributed by atoms with Gasteiger partial charge in [0.1, 0.15) is 17.3 Å².